The van der Waals surface area contributed by atoms with E-state index in [4.69, 9.17) is 10.8 Å². The predicted octanol–water partition coefficient (Wildman–Crippen LogP) is 1.85. The van der Waals surface area contributed by atoms with E-state index < -0.39 is 11.9 Å². The number of carboxylic acid groups (broad SMARTS) is 1. The van der Waals surface area contributed by atoms with Crippen LogP contribution in [-0.4, -0.2) is 30.1 Å². The van der Waals surface area contributed by atoms with Crippen LogP contribution in [0.4, 0.5) is 5.69 Å². The number of carbonyl (C=O) groups excluding carboxylic acids is 1. The third-order valence-electron chi connectivity index (χ3n) is 2.40. The minimum atomic E-state index is -0.946. The van der Waals surface area contributed by atoms with Gasteiger partial charge < -0.3 is 15.7 Å². The summed E-state index contributed by atoms with van der Waals surface area (Å²) in [5.74, 6) is -1.53. The summed E-state index contributed by atoms with van der Waals surface area (Å²) in [5, 5.41) is 8.90. The number of anilines is 1. The van der Waals surface area contributed by atoms with Crippen LogP contribution in [0.15, 0.2) is 22.7 Å². The molecule has 6 heteroatoms. The van der Waals surface area contributed by atoms with Crippen LogP contribution >= 0.6 is 15.9 Å². The number of benzene rings is 1. The van der Waals surface area contributed by atoms with E-state index in [9.17, 15) is 9.59 Å². The number of aliphatic carboxylic acids is 1. The molecule has 98 valence electrons. The van der Waals surface area contributed by atoms with Gasteiger partial charge in [0.05, 0.1) is 11.3 Å². The summed E-state index contributed by atoms with van der Waals surface area (Å²) >= 11 is 3.26. The molecule has 0 fully saturated rings. The highest BCUT2D eigenvalue weighted by Crippen LogP contribution is 2.27. The molecule has 18 heavy (non-hydrogen) atoms. The first-order chi connectivity index (χ1) is 8.47. The smallest absolute Gasteiger partial charge is 0.323 e. The Morgan fingerprint density at radius 3 is 2.61 bits per heavy atom. The van der Waals surface area contributed by atoms with Gasteiger partial charge in [0.25, 0.3) is 5.91 Å². The lowest BCUT2D eigenvalue weighted by Gasteiger charge is -2.24. The van der Waals surface area contributed by atoms with Gasteiger partial charge in [-0.3, -0.25) is 9.59 Å². The maximum atomic E-state index is 11.5. The third kappa shape index (κ3) is 3.46. The lowest BCUT2D eigenvalue weighted by molar-refractivity contribution is -0.135. The molecule has 0 aliphatic carbocycles. The largest absolute Gasteiger partial charge is 0.480 e. The highest BCUT2D eigenvalue weighted by molar-refractivity contribution is 9.10. The van der Waals surface area contributed by atoms with E-state index in [-0.39, 0.29) is 6.54 Å². The monoisotopic (exact) mass is 314 g/mol. The second-order valence-electron chi connectivity index (χ2n) is 3.81. The van der Waals surface area contributed by atoms with Crippen molar-refractivity contribution in [2.75, 3.05) is 18.0 Å². The first-order valence-corrected chi connectivity index (χ1v) is 6.31. The molecule has 0 aliphatic heterocycles. The van der Waals surface area contributed by atoms with Crippen molar-refractivity contribution in [2.24, 2.45) is 5.73 Å². The maximum Gasteiger partial charge on any atom is 0.323 e. The lowest BCUT2D eigenvalue weighted by Crippen LogP contribution is -2.32. The fraction of sp³-hybridized carbons (Fsp3) is 0.333. The zero-order valence-corrected chi connectivity index (χ0v) is 11.6. The lowest BCUT2D eigenvalue weighted by atomic mass is 10.1. The third-order valence-corrected chi connectivity index (χ3v) is 3.06. The average molecular weight is 315 g/mol. The van der Waals surface area contributed by atoms with Gasteiger partial charge in [-0.2, -0.15) is 0 Å². The molecule has 0 unspecified atom stereocenters. The molecule has 0 aliphatic rings. The molecular weight excluding hydrogens is 300 g/mol. The van der Waals surface area contributed by atoms with Gasteiger partial charge in [-0.25, -0.2) is 0 Å². The molecule has 0 radical (unpaired) electrons. The van der Waals surface area contributed by atoms with E-state index >= 15 is 0 Å². The molecular formula is C12H15BrN2O3. The molecule has 0 spiro atoms. The first-order valence-electron chi connectivity index (χ1n) is 5.52. The molecule has 0 aromatic heterocycles. The van der Waals surface area contributed by atoms with E-state index in [0.29, 0.717) is 22.3 Å². The quantitative estimate of drug-likeness (QED) is 0.839. The average Bonchev–Trinajstić information content (AvgIpc) is 2.27. The van der Waals surface area contributed by atoms with Crippen molar-refractivity contribution >= 4 is 33.5 Å². The predicted molar refractivity (Wildman–Crippen MR) is 72.8 cm³/mol. The second-order valence-corrected chi connectivity index (χ2v) is 4.67. The van der Waals surface area contributed by atoms with Gasteiger partial charge in [0.1, 0.15) is 6.54 Å². The van der Waals surface area contributed by atoms with Gasteiger partial charge in [0.15, 0.2) is 0 Å². The van der Waals surface area contributed by atoms with E-state index in [1.807, 2.05) is 6.92 Å². The number of carboxylic acids is 1. The molecule has 0 saturated carbocycles. The van der Waals surface area contributed by atoms with E-state index in [1.165, 1.54) is 0 Å². The first kappa shape index (κ1) is 14.5. The summed E-state index contributed by atoms with van der Waals surface area (Å²) < 4.78 is 0.569. The Bertz CT molecular complexity index is 463. The molecule has 1 aromatic carbocycles. The molecule has 1 rings (SSSR count). The van der Waals surface area contributed by atoms with Crippen LogP contribution in [-0.2, 0) is 4.79 Å². The second kappa shape index (κ2) is 6.39. The summed E-state index contributed by atoms with van der Waals surface area (Å²) in [7, 11) is 0. The summed E-state index contributed by atoms with van der Waals surface area (Å²) in [6.07, 6.45) is 0.776. The molecule has 1 amide bonds. The summed E-state index contributed by atoms with van der Waals surface area (Å²) in [5.41, 5.74) is 6.19. The van der Waals surface area contributed by atoms with Gasteiger partial charge in [0, 0.05) is 11.0 Å². The summed E-state index contributed by atoms with van der Waals surface area (Å²) in [6, 6.07) is 5.15. The van der Waals surface area contributed by atoms with Crippen LogP contribution in [0.2, 0.25) is 0 Å². The van der Waals surface area contributed by atoms with Gasteiger partial charge in [0.2, 0.25) is 0 Å². The van der Waals surface area contributed by atoms with Gasteiger partial charge >= 0.3 is 5.97 Å². The Labute approximate surface area is 114 Å². The van der Waals surface area contributed by atoms with Crippen LogP contribution in [0, 0.1) is 0 Å². The Balaban J connectivity index is 3.22. The Hall–Kier alpha value is -1.56. The van der Waals surface area contributed by atoms with Crippen LogP contribution in [0.5, 0.6) is 0 Å². The van der Waals surface area contributed by atoms with Crippen LogP contribution in [0.3, 0.4) is 0 Å². The number of hydrogen-bond donors (Lipinski definition) is 2. The minimum absolute atomic E-state index is 0.162. The fourth-order valence-corrected chi connectivity index (χ4v) is 2.29. The SMILES string of the molecule is CCCN(CC(=O)O)c1cccc(Br)c1C(N)=O. The molecule has 0 saturated heterocycles. The van der Waals surface area contributed by atoms with Gasteiger partial charge in [-0.1, -0.05) is 13.0 Å². The highest BCUT2D eigenvalue weighted by atomic mass is 79.9. The van der Waals surface area contributed by atoms with Crippen LogP contribution in [0.1, 0.15) is 23.7 Å². The normalized spacial score (nSPS) is 10.1. The number of halogens is 1. The Morgan fingerprint density at radius 1 is 1.44 bits per heavy atom. The van der Waals surface area contributed by atoms with Crippen LogP contribution < -0.4 is 10.6 Å². The fourth-order valence-electron chi connectivity index (χ4n) is 1.74. The molecule has 0 atom stereocenters. The Morgan fingerprint density at radius 2 is 2.11 bits per heavy atom. The molecule has 0 bridgehead atoms. The van der Waals surface area contributed by atoms with Crippen molar-refractivity contribution in [2.45, 2.75) is 13.3 Å². The number of amides is 1. The number of primary amides is 1. The van der Waals surface area contributed by atoms with Crippen molar-refractivity contribution in [1.82, 2.24) is 0 Å². The molecule has 5 nitrogen and oxygen atoms in total. The van der Waals surface area contributed by atoms with Gasteiger partial charge in [-0.05, 0) is 34.5 Å². The maximum absolute atomic E-state index is 11.5. The Kier molecular flexibility index (Phi) is 5.15. The highest BCUT2D eigenvalue weighted by Gasteiger charge is 2.18. The zero-order chi connectivity index (χ0) is 13.7. The number of hydrogen-bond acceptors (Lipinski definition) is 3. The standard InChI is InChI=1S/C12H15BrN2O3/c1-2-6-15(7-10(16)17)9-5-3-4-8(13)11(9)12(14)18/h3-5H,2,6-7H2,1H3,(H2,14,18)(H,16,17). The van der Waals surface area contributed by atoms with Crippen molar-refractivity contribution in [3.63, 3.8) is 0 Å². The number of carbonyl (C=O) groups is 2. The van der Waals surface area contributed by atoms with Crippen LogP contribution in [0.25, 0.3) is 0 Å². The van der Waals surface area contributed by atoms with E-state index in [0.717, 1.165) is 6.42 Å². The van der Waals surface area contributed by atoms with Crippen molar-refractivity contribution < 1.29 is 14.7 Å². The van der Waals surface area contributed by atoms with Crippen molar-refractivity contribution in [3.05, 3.63) is 28.2 Å². The number of nitrogens with zero attached hydrogens (tertiary/aromatic N) is 1. The van der Waals surface area contributed by atoms with E-state index in [2.05, 4.69) is 15.9 Å². The number of nitrogens with two attached hydrogens (primary N) is 1. The van der Waals surface area contributed by atoms with E-state index in [1.54, 1.807) is 23.1 Å². The summed E-state index contributed by atoms with van der Waals surface area (Å²) in [6.45, 7) is 2.32. The topological polar surface area (TPSA) is 83.6 Å². The van der Waals surface area contributed by atoms with Crippen molar-refractivity contribution in [1.29, 1.82) is 0 Å². The zero-order valence-electron chi connectivity index (χ0n) is 10.0. The molecule has 3 N–H and O–H groups in total. The summed E-state index contributed by atoms with van der Waals surface area (Å²) in [4.78, 5) is 23.9. The van der Waals surface area contributed by atoms with Crippen molar-refractivity contribution in [3.8, 4) is 0 Å². The molecule has 0 heterocycles. The number of rotatable bonds is 6. The van der Waals surface area contributed by atoms with Gasteiger partial charge in [-0.15, -0.1) is 0 Å². The molecule has 1 aromatic rings. The minimum Gasteiger partial charge on any atom is -0.480 e.